The summed E-state index contributed by atoms with van der Waals surface area (Å²) in [5.41, 5.74) is -0.417. The standard InChI is InChI=1S/C11H19NO4S/c1-7(13)12-8(10(15)16)5-17-6-9(14)11(2,3)4/h8H,5-6H2,1-4H3,(H,12,13)(H,15,16). The van der Waals surface area contributed by atoms with Gasteiger partial charge in [-0.2, -0.15) is 11.8 Å². The van der Waals surface area contributed by atoms with Gasteiger partial charge < -0.3 is 10.4 Å². The van der Waals surface area contributed by atoms with Gasteiger partial charge in [0.2, 0.25) is 5.91 Å². The average Bonchev–Trinajstić information content (AvgIpc) is 2.13. The maximum absolute atomic E-state index is 11.6. The number of ketones is 1. The van der Waals surface area contributed by atoms with Gasteiger partial charge >= 0.3 is 5.97 Å². The van der Waals surface area contributed by atoms with Crippen molar-refractivity contribution in [1.82, 2.24) is 5.32 Å². The van der Waals surface area contributed by atoms with E-state index >= 15 is 0 Å². The van der Waals surface area contributed by atoms with E-state index in [4.69, 9.17) is 5.11 Å². The van der Waals surface area contributed by atoms with Crippen LogP contribution in [0.3, 0.4) is 0 Å². The predicted molar refractivity (Wildman–Crippen MR) is 67.0 cm³/mol. The molecule has 0 aliphatic heterocycles. The summed E-state index contributed by atoms with van der Waals surface area (Å²) in [7, 11) is 0. The number of amides is 1. The van der Waals surface area contributed by atoms with Crippen molar-refractivity contribution in [3.63, 3.8) is 0 Å². The Hall–Kier alpha value is -1.04. The van der Waals surface area contributed by atoms with Crippen LogP contribution in [0.2, 0.25) is 0 Å². The van der Waals surface area contributed by atoms with Crippen LogP contribution in [0.1, 0.15) is 27.7 Å². The van der Waals surface area contributed by atoms with Crippen molar-refractivity contribution in [3.05, 3.63) is 0 Å². The smallest absolute Gasteiger partial charge is 0.327 e. The van der Waals surface area contributed by atoms with Gasteiger partial charge in [-0.1, -0.05) is 20.8 Å². The van der Waals surface area contributed by atoms with Crippen LogP contribution < -0.4 is 5.32 Å². The molecule has 0 aromatic heterocycles. The molecule has 5 nitrogen and oxygen atoms in total. The highest BCUT2D eigenvalue weighted by atomic mass is 32.2. The van der Waals surface area contributed by atoms with Crippen LogP contribution >= 0.6 is 11.8 Å². The van der Waals surface area contributed by atoms with Crippen molar-refractivity contribution in [2.45, 2.75) is 33.7 Å². The SMILES string of the molecule is CC(=O)NC(CSCC(=O)C(C)(C)C)C(=O)O. The summed E-state index contributed by atoms with van der Waals surface area (Å²) in [5, 5.41) is 11.2. The molecule has 0 fully saturated rings. The molecule has 2 N–H and O–H groups in total. The molecular weight excluding hydrogens is 242 g/mol. The molecule has 0 rings (SSSR count). The summed E-state index contributed by atoms with van der Waals surface area (Å²) in [6, 6.07) is -0.940. The second kappa shape index (κ2) is 6.64. The summed E-state index contributed by atoms with van der Waals surface area (Å²) in [6.45, 7) is 6.72. The van der Waals surface area contributed by atoms with Gasteiger partial charge in [0.25, 0.3) is 0 Å². The lowest BCUT2D eigenvalue weighted by Crippen LogP contribution is -2.41. The van der Waals surface area contributed by atoms with Crippen molar-refractivity contribution in [1.29, 1.82) is 0 Å². The third-order valence-corrected chi connectivity index (χ3v) is 3.07. The van der Waals surface area contributed by atoms with Gasteiger partial charge in [0.1, 0.15) is 11.8 Å². The summed E-state index contributed by atoms with van der Waals surface area (Å²) in [4.78, 5) is 33.1. The number of hydrogen-bond donors (Lipinski definition) is 2. The number of thioether (sulfide) groups is 1. The topological polar surface area (TPSA) is 83.5 Å². The predicted octanol–water partition coefficient (Wildman–Crippen LogP) is 0.924. The van der Waals surface area contributed by atoms with Crippen LogP contribution in [0.25, 0.3) is 0 Å². The van der Waals surface area contributed by atoms with E-state index in [2.05, 4.69) is 5.32 Å². The van der Waals surface area contributed by atoms with Gasteiger partial charge in [0, 0.05) is 18.1 Å². The number of carboxylic acids is 1. The van der Waals surface area contributed by atoms with Crippen LogP contribution in [0.5, 0.6) is 0 Å². The molecule has 0 aliphatic rings. The normalized spacial score (nSPS) is 12.9. The number of nitrogens with one attached hydrogen (secondary N) is 1. The van der Waals surface area contributed by atoms with Crippen LogP contribution in [-0.4, -0.2) is 40.3 Å². The Labute approximate surface area is 105 Å². The molecule has 0 aliphatic carbocycles. The van der Waals surface area contributed by atoms with Gasteiger partial charge in [-0.3, -0.25) is 9.59 Å². The third-order valence-electron chi connectivity index (χ3n) is 2.03. The minimum atomic E-state index is -1.09. The average molecular weight is 261 g/mol. The van der Waals surface area contributed by atoms with Crippen LogP contribution in [0, 0.1) is 5.41 Å². The zero-order valence-corrected chi connectivity index (χ0v) is 11.4. The molecule has 0 heterocycles. The van der Waals surface area contributed by atoms with E-state index in [1.54, 1.807) is 0 Å². The van der Waals surface area contributed by atoms with E-state index in [9.17, 15) is 14.4 Å². The first-order valence-electron chi connectivity index (χ1n) is 5.25. The molecule has 17 heavy (non-hydrogen) atoms. The van der Waals surface area contributed by atoms with Crippen LogP contribution in [0.4, 0.5) is 0 Å². The van der Waals surface area contributed by atoms with Crippen molar-refractivity contribution in [3.8, 4) is 0 Å². The third kappa shape index (κ3) is 6.99. The quantitative estimate of drug-likeness (QED) is 0.743. The fourth-order valence-electron chi connectivity index (χ4n) is 0.906. The molecule has 0 saturated carbocycles. The zero-order valence-electron chi connectivity index (χ0n) is 10.6. The van der Waals surface area contributed by atoms with Crippen molar-refractivity contribution in [2.24, 2.45) is 5.41 Å². The first kappa shape index (κ1) is 16.0. The maximum atomic E-state index is 11.6. The number of carboxylic acid groups (broad SMARTS) is 1. The minimum Gasteiger partial charge on any atom is -0.480 e. The van der Waals surface area contributed by atoms with Crippen LogP contribution in [0.15, 0.2) is 0 Å². The summed E-state index contributed by atoms with van der Waals surface area (Å²) >= 11 is 1.22. The van der Waals surface area contributed by atoms with E-state index in [1.807, 2.05) is 20.8 Å². The van der Waals surface area contributed by atoms with Gasteiger partial charge in [0.15, 0.2) is 0 Å². The Morgan fingerprint density at radius 3 is 2.18 bits per heavy atom. The largest absolute Gasteiger partial charge is 0.480 e. The lowest BCUT2D eigenvalue weighted by atomic mass is 9.92. The lowest BCUT2D eigenvalue weighted by molar-refractivity contribution is -0.140. The molecule has 0 radical (unpaired) electrons. The van der Waals surface area contributed by atoms with Crippen LogP contribution in [-0.2, 0) is 14.4 Å². The van der Waals surface area contributed by atoms with E-state index in [0.717, 1.165) is 0 Å². The Balaban J connectivity index is 4.12. The zero-order chi connectivity index (χ0) is 13.6. The van der Waals surface area contributed by atoms with Gasteiger partial charge in [0.05, 0.1) is 5.75 Å². The first-order valence-corrected chi connectivity index (χ1v) is 6.41. The molecule has 1 amide bonds. The molecule has 0 bridgehead atoms. The number of aliphatic carboxylic acids is 1. The highest BCUT2D eigenvalue weighted by molar-refractivity contribution is 8.00. The molecule has 0 aromatic rings. The highest BCUT2D eigenvalue weighted by Crippen LogP contribution is 2.18. The number of hydrogen-bond acceptors (Lipinski definition) is 4. The number of rotatable bonds is 6. The van der Waals surface area contributed by atoms with E-state index in [1.165, 1.54) is 18.7 Å². The van der Waals surface area contributed by atoms with Gasteiger partial charge in [-0.25, -0.2) is 4.79 Å². The fourth-order valence-corrected chi connectivity index (χ4v) is 2.10. The summed E-state index contributed by atoms with van der Waals surface area (Å²) in [5.74, 6) is -0.964. The molecule has 1 unspecified atom stereocenters. The number of carbonyl (C=O) groups is 3. The molecule has 98 valence electrons. The molecule has 6 heteroatoms. The Bertz CT molecular complexity index is 309. The van der Waals surface area contributed by atoms with E-state index in [0.29, 0.717) is 0 Å². The Morgan fingerprint density at radius 2 is 1.82 bits per heavy atom. The second-order valence-corrected chi connectivity index (χ2v) is 5.81. The van der Waals surface area contributed by atoms with Crippen molar-refractivity contribution < 1.29 is 19.5 Å². The molecular formula is C11H19NO4S. The van der Waals surface area contributed by atoms with Crippen molar-refractivity contribution >= 4 is 29.4 Å². The highest BCUT2D eigenvalue weighted by Gasteiger charge is 2.23. The van der Waals surface area contributed by atoms with E-state index in [-0.39, 0.29) is 23.2 Å². The Kier molecular flexibility index (Phi) is 6.23. The molecule has 0 spiro atoms. The fraction of sp³-hybridized carbons (Fsp3) is 0.727. The Morgan fingerprint density at radius 1 is 1.29 bits per heavy atom. The molecule has 1 atom stereocenters. The number of Topliss-reactive ketones (excluding diaryl/α,β-unsaturated/α-hetero) is 1. The maximum Gasteiger partial charge on any atom is 0.327 e. The summed E-state index contributed by atoms with van der Waals surface area (Å²) in [6.07, 6.45) is 0. The lowest BCUT2D eigenvalue weighted by Gasteiger charge is -2.17. The molecule has 0 saturated heterocycles. The van der Waals surface area contributed by atoms with Crippen molar-refractivity contribution in [2.75, 3.05) is 11.5 Å². The van der Waals surface area contributed by atoms with Gasteiger partial charge in [-0.15, -0.1) is 0 Å². The van der Waals surface area contributed by atoms with E-state index < -0.39 is 17.4 Å². The first-order chi connectivity index (χ1) is 7.64. The monoisotopic (exact) mass is 261 g/mol. The number of carbonyl (C=O) groups excluding carboxylic acids is 2. The summed E-state index contributed by atoms with van der Waals surface area (Å²) < 4.78 is 0. The second-order valence-electron chi connectivity index (χ2n) is 4.78. The molecule has 0 aromatic carbocycles. The minimum absolute atomic E-state index is 0.0643. The van der Waals surface area contributed by atoms with Gasteiger partial charge in [-0.05, 0) is 0 Å².